The number of hydrogen-bond donors (Lipinski definition) is 0. The standard InChI is InChI=1S/C63H36O/c1-3-17-40-38(16-1)30-34-57-60(40)51-35-39(31-33-56(51)64-57)58-46-23-7-9-25-48(46)59(49-26-10-8-24-47(49)58)50-36-55-62(45-22-6-5-19-42(45)50)61-41-18-4-2-15-37(41)29-32-54(61)63(55)52-27-13-11-20-43(52)44-21-12-14-28-53(44)63/h1-36H. The number of furan rings is 1. The first-order chi connectivity index (χ1) is 31.8. The van der Waals surface area contributed by atoms with Gasteiger partial charge in [-0.1, -0.05) is 194 Å². The van der Waals surface area contributed by atoms with Gasteiger partial charge < -0.3 is 4.42 Å². The zero-order chi connectivity index (χ0) is 41.7. The van der Waals surface area contributed by atoms with E-state index in [-0.39, 0.29) is 0 Å². The Labute approximate surface area is 369 Å². The molecule has 1 aromatic heterocycles. The van der Waals surface area contributed by atoms with E-state index in [4.69, 9.17) is 4.42 Å². The van der Waals surface area contributed by atoms with Crippen molar-refractivity contribution in [2.75, 3.05) is 0 Å². The zero-order valence-corrected chi connectivity index (χ0v) is 34.7. The lowest BCUT2D eigenvalue weighted by molar-refractivity contribution is 0.669. The fraction of sp³-hybridized carbons (Fsp3) is 0.0159. The van der Waals surface area contributed by atoms with Gasteiger partial charge in [0, 0.05) is 10.8 Å². The molecule has 2 aliphatic rings. The van der Waals surface area contributed by atoms with Crippen LogP contribution in [-0.4, -0.2) is 0 Å². The fourth-order valence-electron chi connectivity index (χ4n) is 12.4. The van der Waals surface area contributed by atoms with Crippen molar-refractivity contribution >= 4 is 75.8 Å². The molecule has 0 aliphatic heterocycles. The minimum absolute atomic E-state index is 0.501. The topological polar surface area (TPSA) is 13.1 Å². The molecule has 2 aliphatic carbocycles. The van der Waals surface area contributed by atoms with E-state index in [1.54, 1.807) is 0 Å². The van der Waals surface area contributed by atoms with Crippen LogP contribution < -0.4 is 0 Å². The summed E-state index contributed by atoms with van der Waals surface area (Å²) in [7, 11) is 0. The van der Waals surface area contributed by atoms with Gasteiger partial charge in [0.1, 0.15) is 11.2 Å². The summed E-state index contributed by atoms with van der Waals surface area (Å²) in [5.41, 5.74) is 17.0. The molecule has 1 spiro atoms. The minimum Gasteiger partial charge on any atom is -0.456 e. The van der Waals surface area contributed by atoms with Crippen LogP contribution >= 0.6 is 0 Å². The molecule has 0 saturated carbocycles. The normalized spacial score (nSPS) is 13.4. The first-order valence-electron chi connectivity index (χ1n) is 22.3. The Morgan fingerprint density at radius 1 is 0.266 bits per heavy atom. The average molecular weight is 809 g/mol. The van der Waals surface area contributed by atoms with Crippen molar-refractivity contribution in [1.82, 2.24) is 0 Å². The highest BCUT2D eigenvalue weighted by Gasteiger charge is 2.52. The Morgan fingerprint density at radius 3 is 1.42 bits per heavy atom. The molecule has 15 rings (SSSR count). The van der Waals surface area contributed by atoms with Gasteiger partial charge in [-0.25, -0.2) is 0 Å². The van der Waals surface area contributed by atoms with E-state index < -0.39 is 5.41 Å². The van der Waals surface area contributed by atoms with Gasteiger partial charge in [-0.15, -0.1) is 0 Å². The molecule has 0 amide bonds. The van der Waals surface area contributed by atoms with Crippen molar-refractivity contribution in [3.05, 3.63) is 241 Å². The third-order valence-electron chi connectivity index (χ3n) is 14.8. The van der Waals surface area contributed by atoms with E-state index in [1.165, 1.54) is 126 Å². The third kappa shape index (κ3) is 4.24. The van der Waals surface area contributed by atoms with Gasteiger partial charge in [0.2, 0.25) is 0 Å². The number of benzene rings is 12. The summed E-state index contributed by atoms with van der Waals surface area (Å²) in [5, 5.41) is 14.8. The summed E-state index contributed by atoms with van der Waals surface area (Å²) < 4.78 is 6.51. The van der Waals surface area contributed by atoms with Crippen LogP contribution in [0.1, 0.15) is 22.3 Å². The molecule has 294 valence electrons. The summed E-state index contributed by atoms with van der Waals surface area (Å²) in [6.45, 7) is 0. The van der Waals surface area contributed by atoms with E-state index in [9.17, 15) is 0 Å². The molecule has 1 heteroatoms. The van der Waals surface area contributed by atoms with Crippen molar-refractivity contribution in [3.63, 3.8) is 0 Å². The molecule has 0 atom stereocenters. The quantitative estimate of drug-likeness (QED) is 0.159. The summed E-state index contributed by atoms with van der Waals surface area (Å²) in [4.78, 5) is 0. The van der Waals surface area contributed by atoms with Gasteiger partial charge in [0.15, 0.2) is 0 Å². The van der Waals surface area contributed by atoms with Gasteiger partial charge in [-0.2, -0.15) is 0 Å². The molecule has 64 heavy (non-hydrogen) atoms. The summed E-state index contributed by atoms with van der Waals surface area (Å²) in [6.07, 6.45) is 0. The second kappa shape index (κ2) is 12.4. The van der Waals surface area contributed by atoms with Crippen LogP contribution in [0.2, 0.25) is 0 Å². The molecular formula is C63H36O. The lowest BCUT2D eigenvalue weighted by Gasteiger charge is -2.31. The van der Waals surface area contributed by atoms with Gasteiger partial charge in [-0.3, -0.25) is 0 Å². The van der Waals surface area contributed by atoms with Crippen molar-refractivity contribution in [1.29, 1.82) is 0 Å². The van der Waals surface area contributed by atoms with Crippen molar-refractivity contribution in [3.8, 4) is 44.5 Å². The Balaban J connectivity index is 1.08. The van der Waals surface area contributed by atoms with Crippen molar-refractivity contribution < 1.29 is 4.42 Å². The highest BCUT2D eigenvalue weighted by Crippen LogP contribution is 2.65. The first-order valence-corrected chi connectivity index (χ1v) is 22.3. The van der Waals surface area contributed by atoms with E-state index >= 15 is 0 Å². The number of rotatable bonds is 2. The van der Waals surface area contributed by atoms with Crippen LogP contribution in [0.4, 0.5) is 0 Å². The van der Waals surface area contributed by atoms with Gasteiger partial charge >= 0.3 is 0 Å². The molecule has 13 aromatic rings. The Morgan fingerprint density at radius 2 is 0.750 bits per heavy atom. The van der Waals surface area contributed by atoms with Crippen molar-refractivity contribution in [2.45, 2.75) is 5.41 Å². The molecular weight excluding hydrogens is 773 g/mol. The molecule has 0 radical (unpaired) electrons. The number of fused-ring (bicyclic) bond motifs is 21. The Hall–Kier alpha value is -8.26. The second-order valence-electron chi connectivity index (χ2n) is 17.8. The van der Waals surface area contributed by atoms with Crippen LogP contribution in [0.15, 0.2) is 223 Å². The summed E-state index contributed by atoms with van der Waals surface area (Å²) >= 11 is 0. The van der Waals surface area contributed by atoms with Crippen LogP contribution in [-0.2, 0) is 5.41 Å². The van der Waals surface area contributed by atoms with E-state index in [1.807, 2.05) is 0 Å². The Kier molecular flexibility index (Phi) is 6.67. The summed E-state index contributed by atoms with van der Waals surface area (Å²) in [5.74, 6) is 0. The van der Waals surface area contributed by atoms with E-state index in [2.05, 4.69) is 218 Å². The van der Waals surface area contributed by atoms with Gasteiger partial charge in [-0.05, 0) is 145 Å². The molecule has 0 unspecified atom stereocenters. The van der Waals surface area contributed by atoms with Crippen LogP contribution in [0.5, 0.6) is 0 Å². The maximum atomic E-state index is 6.51. The summed E-state index contributed by atoms with van der Waals surface area (Å²) in [6, 6.07) is 81.8. The highest BCUT2D eigenvalue weighted by atomic mass is 16.3. The maximum Gasteiger partial charge on any atom is 0.136 e. The Bertz CT molecular complexity index is 4100. The zero-order valence-electron chi connectivity index (χ0n) is 34.7. The van der Waals surface area contributed by atoms with E-state index in [0.717, 1.165) is 16.6 Å². The van der Waals surface area contributed by atoms with Gasteiger partial charge in [0.05, 0.1) is 5.41 Å². The molecule has 1 heterocycles. The lowest BCUT2D eigenvalue weighted by Crippen LogP contribution is -2.26. The largest absolute Gasteiger partial charge is 0.456 e. The van der Waals surface area contributed by atoms with E-state index in [0.29, 0.717) is 0 Å². The molecule has 0 N–H and O–H groups in total. The minimum atomic E-state index is -0.501. The molecule has 12 aromatic carbocycles. The van der Waals surface area contributed by atoms with Crippen LogP contribution in [0.3, 0.4) is 0 Å². The maximum absolute atomic E-state index is 6.51. The predicted octanol–water partition coefficient (Wildman–Crippen LogP) is 17.0. The predicted molar refractivity (Wildman–Crippen MR) is 268 cm³/mol. The average Bonchev–Trinajstić information content (AvgIpc) is 3.99. The highest BCUT2D eigenvalue weighted by molar-refractivity contribution is 6.27. The molecule has 0 fully saturated rings. The molecule has 1 nitrogen and oxygen atoms in total. The van der Waals surface area contributed by atoms with Crippen LogP contribution in [0, 0.1) is 0 Å². The molecule has 0 bridgehead atoms. The number of hydrogen-bond acceptors (Lipinski definition) is 1. The van der Waals surface area contributed by atoms with Crippen molar-refractivity contribution in [2.24, 2.45) is 0 Å². The monoisotopic (exact) mass is 808 g/mol. The van der Waals surface area contributed by atoms with Gasteiger partial charge in [0.25, 0.3) is 0 Å². The van der Waals surface area contributed by atoms with Crippen LogP contribution in [0.25, 0.3) is 120 Å². The third-order valence-corrected chi connectivity index (χ3v) is 14.8. The first kappa shape index (κ1) is 34.3. The fourth-order valence-corrected chi connectivity index (χ4v) is 12.4. The second-order valence-corrected chi connectivity index (χ2v) is 17.8. The SMILES string of the molecule is c1ccc2c(c1)-c1ccccc1C21c2ccc3ccccc3c2-c2c1cc(-c1c3ccccc3c(-c3ccc4oc5ccc6ccccc6c5c4c3)c3ccccc13)c1ccccc21. The smallest absolute Gasteiger partial charge is 0.136 e. The lowest BCUT2D eigenvalue weighted by atomic mass is 9.69. The molecule has 0 saturated heterocycles.